The predicted octanol–water partition coefficient (Wildman–Crippen LogP) is 2.71. The lowest BCUT2D eigenvalue weighted by Gasteiger charge is -2.32. The van der Waals surface area contributed by atoms with Crippen LogP contribution in [-0.2, 0) is 27.1 Å². The van der Waals surface area contributed by atoms with Gasteiger partial charge in [-0.2, -0.15) is 5.26 Å². The van der Waals surface area contributed by atoms with Crippen LogP contribution in [0.2, 0.25) is 0 Å². The largest absolute Gasteiger partial charge is 0.465 e. The zero-order valence-electron chi connectivity index (χ0n) is 15.4. The van der Waals surface area contributed by atoms with Crippen molar-refractivity contribution in [2.24, 2.45) is 0 Å². The van der Waals surface area contributed by atoms with E-state index in [1.807, 2.05) is 0 Å². The molecule has 0 aromatic carbocycles. The normalized spacial score (nSPS) is 18.0. The second-order valence-electron chi connectivity index (χ2n) is 6.50. The second-order valence-corrected chi connectivity index (χ2v) is 7.83. The summed E-state index contributed by atoms with van der Waals surface area (Å²) < 4.78 is 10.6. The van der Waals surface area contributed by atoms with E-state index in [2.05, 4.69) is 11.0 Å². The van der Waals surface area contributed by atoms with E-state index in [-0.39, 0.29) is 5.97 Å². The van der Waals surface area contributed by atoms with E-state index in [1.54, 1.807) is 13.8 Å². The fourth-order valence-corrected chi connectivity index (χ4v) is 4.41. The quantitative estimate of drug-likeness (QED) is 0.578. The van der Waals surface area contributed by atoms with E-state index in [4.69, 9.17) is 14.5 Å². The van der Waals surface area contributed by atoms with Crippen LogP contribution in [0, 0.1) is 11.3 Å². The number of hydrogen-bond donors (Lipinski definition) is 0. The van der Waals surface area contributed by atoms with Crippen molar-refractivity contribution < 1.29 is 14.3 Å². The molecule has 1 aliphatic carbocycles. The Hall–Kier alpha value is -1.78. The van der Waals surface area contributed by atoms with Gasteiger partial charge in [-0.15, -0.1) is 0 Å². The highest BCUT2D eigenvalue weighted by Crippen LogP contribution is 2.37. The predicted molar refractivity (Wildman–Crippen MR) is 101 cm³/mol. The van der Waals surface area contributed by atoms with Crippen molar-refractivity contribution >= 4 is 23.5 Å². The Morgan fingerprint density at radius 3 is 2.69 bits per heavy atom. The number of carbonyl (C=O) groups is 1. The van der Waals surface area contributed by atoms with Crippen molar-refractivity contribution in [3.8, 4) is 6.07 Å². The first-order chi connectivity index (χ1) is 12.7. The van der Waals surface area contributed by atoms with Crippen LogP contribution in [0.15, 0.2) is 5.03 Å². The van der Waals surface area contributed by atoms with E-state index in [1.165, 1.54) is 17.3 Å². The van der Waals surface area contributed by atoms with Gasteiger partial charge >= 0.3 is 5.97 Å². The molecule has 3 rings (SSSR count). The topological polar surface area (TPSA) is 75.4 Å². The van der Waals surface area contributed by atoms with Crippen molar-refractivity contribution in [3.05, 3.63) is 16.7 Å². The van der Waals surface area contributed by atoms with Crippen molar-refractivity contribution in [2.75, 3.05) is 37.8 Å². The number of pyridine rings is 1. The summed E-state index contributed by atoms with van der Waals surface area (Å²) in [5.74, 6) is 0.703. The van der Waals surface area contributed by atoms with E-state index in [0.717, 1.165) is 50.2 Å². The van der Waals surface area contributed by atoms with E-state index < -0.39 is 5.25 Å². The molecule has 0 unspecified atom stereocenters. The Morgan fingerprint density at radius 2 is 2.04 bits per heavy atom. The van der Waals surface area contributed by atoms with Gasteiger partial charge in [0.1, 0.15) is 22.2 Å². The third-order valence-electron chi connectivity index (χ3n) is 4.79. The van der Waals surface area contributed by atoms with Gasteiger partial charge in [0, 0.05) is 13.1 Å². The molecule has 2 heterocycles. The summed E-state index contributed by atoms with van der Waals surface area (Å²) in [5.41, 5.74) is 2.97. The number of nitrogens with zero attached hydrogens (tertiary/aromatic N) is 3. The number of esters is 1. The molecule has 140 valence electrons. The zero-order chi connectivity index (χ0) is 18.5. The highest BCUT2D eigenvalue weighted by Gasteiger charge is 2.28. The zero-order valence-corrected chi connectivity index (χ0v) is 16.2. The van der Waals surface area contributed by atoms with Gasteiger partial charge in [0.2, 0.25) is 0 Å². The van der Waals surface area contributed by atoms with Gasteiger partial charge < -0.3 is 14.4 Å². The summed E-state index contributed by atoms with van der Waals surface area (Å²) in [6, 6.07) is 2.35. The Bertz CT molecular complexity index is 711. The molecular formula is C19H25N3O3S. The molecule has 0 N–H and O–H groups in total. The molecule has 7 heteroatoms. The molecule has 0 saturated carbocycles. The Balaban J connectivity index is 2.00. The molecule has 0 amide bonds. The summed E-state index contributed by atoms with van der Waals surface area (Å²) in [4.78, 5) is 19.2. The molecular weight excluding hydrogens is 350 g/mol. The Labute approximate surface area is 158 Å². The molecule has 1 saturated heterocycles. The molecule has 1 fully saturated rings. The lowest BCUT2D eigenvalue weighted by atomic mass is 9.89. The fourth-order valence-electron chi connectivity index (χ4n) is 3.49. The van der Waals surface area contributed by atoms with Crippen LogP contribution in [0.5, 0.6) is 0 Å². The van der Waals surface area contributed by atoms with Gasteiger partial charge in [-0.05, 0) is 50.7 Å². The standard InChI is InChI=1S/C19H25N3O3S/c1-3-25-19(23)13(2)26-18-16(12-20)14-6-4-5-7-15(14)17(21-18)22-8-10-24-11-9-22/h13H,3-11H2,1-2H3/t13-/m0/s1. The van der Waals surface area contributed by atoms with Gasteiger partial charge in [0.25, 0.3) is 0 Å². The minimum atomic E-state index is -0.395. The monoisotopic (exact) mass is 375 g/mol. The van der Waals surface area contributed by atoms with Crippen LogP contribution in [0.25, 0.3) is 0 Å². The van der Waals surface area contributed by atoms with Crippen LogP contribution in [0.4, 0.5) is 5.82 Å². The molecule has 0 spiro atoms. The lowest BCUT2D eigenvalue weighted by Crippen LogP contribution is -2.38. The maximum Gasteiger partial charge on any atom is 0.319 e. The number of anilines is 1. The van der Waals surface area contributed by atoms with Gasteiger partial charge in [-0.25, -0.2) is 4.98 Å². The van der Waals surface area contributed by atoms with Gasteiger partial charge in [-0.1, -0.05) is 11.8 Å². The lowest BCUT2D eigenvalue weighted by molar-refractivity contribution is -0.142. The minimum absolute atomic E-state index is 0.270. The van der Waals surface area contributed by atoms with E-state index in [0.29, 0.717) is 30.4 Å². The van der Waals surface area contributed by atoms with Crippen LogP contribution < -0.4 is 4.90 Å². The number of hydrogen-bond acceptors (Lipinski definition) is 7. The van der Waals surface area contributed by atoms with Crippen LogP contribution >= 0.6 is 11.8 Å². The average molecular weight is 375 g/mol. The molecule has 0 radical (unpaired) electrons. The number of rotatable bonds is 5. The smallest absolute Gasteiger partial charge is 0.319 e. The molecule has 1 aromatic rings. The second kappa shape index (κ2) is 8.74. The molecule has 1 aromatic heterocycles. The van der Waals surface area contributed by atoms with Crippen LogP contribution in [0.3, 0.4) is 0 Å². The maximum absolute atomic E-state index is 12.0. The molecule has 2 aliphatic rings. The minimum Gasteiger partial charge on any atom is -0.465 e. The average Bonchev–Trinajstić information content (AvgIpc) is 2.68. The first kappa shape index (κ1) is 19.0. The number of ether oxygens (including phenoxy) is 2. The summed E-state index contributed by atoms with van der Waals surface area (Å²) >= 11 is 1.33. The Kier molecular flexibility index (Phi) is 6.38. The highest BCUT2D eigenvalue weighted by molar-refractivity contribution is 8.00. The van der Waals surface area contributed by atoms with Crippen molar-refractivity contribution in [1.29, 1.82) is 5.26 Å². The van der Waals surface area contributed by atoms with Crippen molar-refractivity contribution in [2.45, 2.75) is 49.8 Å². The SMILES string of the molecule is CCOC(=O)[C@H](C)Sc1nc(N2CCOCC2)c2c(c1C#N)CCCC2. The van der Waals surface area contributed by atoms with Gasteiger partial charge in [0.05, 0.1) is 25.4 Å². The van der Waals surface area contributed by atoms with Crippen LogP contribution in [0.1, 0.15) is 43.4 Å². The van der Waals surface area contributed by atoms with Crippen LogP contribution in [-0.4, -0.2) is 49.1 Å². The highest BCUT2D eigenvalue weighted by atomic mass is 32.2. The van der Waals surface area contributed by atoms with E-state index in [9.17, 15) is 10.1 Å². The fraction of sp³-hybridized carbons (Fsp3) is 0.632. The number of thioether (sulfide) groups is 1. The summed E-state index contributed by atoms with van der Waals surface area (Å²) in [6.07, 6.45) is 4.08. The van der Waals surface area contributed by atoms with E-state index >= 15 is 0 Å². The summed E-state index contributed by atoms with van der Waals surface area (Å²) in [5, 5.41) is 10.0. The molecule has 26 heavy (non-hydrogen) atoms. The van der Waals surface area contributed by atoms with Crippen molar-refractivity contribution in [1.82, 2.24) is 4.98 Å². The number of fused-ring (bicyclic) bond motifs is 1. The maximum atomic E-state index is 12.0. The summed E-state index contributed by atoms with van der Waals surface area (Å²) in [6.45, 7) is 6.95. The molecule has 1 aliphatic heterocycles. The van der Waals surface area contributed by atoms with Gasteiger partial charge in [0.15, 0.2) is 0 Å². The van der Waals surface area contributed by atoms with Gasteiger partial charge in [-0.3, -0.25) is 4.79 Å². The number of carbonyl (C=O) groups excluding carboxylic acids is 1. The third-order valence-corrected chi connectivity index (χ3v) is 5.85. The number of morpholine rings is 1. The molecule has 1 atom stereocenters. The summed E-state index contributed by atoms with van der Waals surface area (Å²) in [7, 11) is 0. The first-order valence-electron chi connectivity index (χ1n) is 9.27. The molecule has 0 bridgehead atoms. The first-order valence-corrected chi connectivity index (χ1v) is 10.2. The molecule has 6 nitrogen and oxygen atoms in total. The van der Waals surface area contributed by atoms with Crippen molar-refractivity contribution in [3.63, 3.8) is 0 Å². The number of nitriles is 1. The number of aromatic nitrogens is 1. The third kappa shape index (κ3) is 3.97. The Morgan fingerprint density at radius 1 is 1.35 bits per heavy atom.